The lowest BCUT2D eigenvalue weighted by Gasteiger charge is -2.13. The largest absolute Gasteiger partial charge is 0.344 e. The number of nitrogens with zero attached hydrogens (tertiary/aromatic N) is 2. The number of pyridine rings is 1. The molecular weight excluding hydrogens is 270 g/mol. The summed E-state index contributed by atoms with van der Waals surface area (Å²) >= 11 is 0. The third-order valence-electron chi connectivity index (χ3n) is 3.15. The van der Waals surface area contributed by atoms with E-state index in [9.17, 15) is 14.9 Å². The van der Waals surface area contributed by atoms with E-state index in [4.69, 9.17) is 0 Å². The Labute approximate surface area is 122 Å². The van der Waals surface area contributed by atoms with E-state index in [1.54, 1.807) is 31.3 Å². The van der Waals surface area contributed by atoms with E-state index in [0.29, 0.717) is 5.56 Å². The van der Waals surface area contributed by atoms with E-state index in [-0.39, 0.29) is 23.2 Å². The van der Waals surface area contributed by atoms with Crippen molar-refractivity contribution >= 4 is 11.6 Å². The first kappa shape index (κ1) is 14.6. The molecule has 0 saturated carbocycles. The van der Waals surface area contributed by atoms with Gasteiger partial charge in [0.1, 0.15) is 0 Å². The first-order chi connectivity index (χ1) is 9.99. The molecule has 0 radical (unpaired) electrons. The maximum Gasteiger partial charge on any atom is 0.273 e. The van der Waals surface area contributed by atoms with Gasteiger partial charge in [0, 0.05) is 23.4 Å². The molecule has 1 unspecified atom stereocenters. The normalized spacial score (nSPS) is 11.7. The molecule has 1 atom stereocenters. The molecule has 1 amide bonds. The van der Waals surface area contributed by atoms with Crippen LogP contribution in [-0.4, -0.2) is 15.8 Å². The van der Waals surface area contributed by atoms with Crippen molar-refractivity contribution in [1.82, 2.24) is 10.3 Å². The Hall–Kier alpha value is -2.76. The SMILES string of the molecule is Cc1ccc(C(=O)NC(C)c2ccccn2)cc1[N+](=O)[O-]. The van der Waals surface area contributed by atoms with E-state index in [1.807, 2.05) is 19.1 Å². The Kier molecular flexibility index (Phi) is 4.27. The van der Waals surface area contributed by atoms with Crippen molar-refractivity contribution in [2.24, 2.45) is 0 Å². The molecule has 0 saturated heterocycles. The first-order valence-electron chi connectivity index (χ1n) is 6.46. The maximum absolute atomic E-state index is 12.2. The smallest absolute Gasteiger partial charge is 0.273 e. The molecule has 2 aromatic rings. The molecule has 1 aromatic carbocycles. The Morgan fingerprint density at radius 3 is 2.71 bits per heavy atom. The van der Waals surface area contributed by atoms with E-state index < -0.39 is 4.92 Å². The number of benzene rings is 1. The van der Waals surface area contributed by atoms with Gasteiger partial charge in [0.25, 0.3) is 11.6 Å². The number of nitro groups is 1. The summed E-state index contributed by atoms with van der Waals surface area (Å²) < 4.78 is 0. The monoisotopic (exact) mass is 285 g/mol. The van der Waals surface area contributed by atoms with Crippen LogP contribution in [0.2, 0.25) is 0 Å². The zero-order valence-corrected chi connectivity index (χ0v) is 11.7. The minimum Gasteiger partial charge on any atom is -0.344 e. The molecule has 1 N–H and O–H groups in total. The summed E-state index contributed by atoms with van der Waals surface area (Å²) in [4.78, 5) is 26.7. The van der Waals surface area contributed by atoms with Gasteiger partial charge in [-0.25, -0.2) is 0 Å². The third kappa shape index (κ3) is 3.42. The van der Waals surface area contributed by atoms with E-state index >= 15 is 0 Å². The number of hydrogen-bond donors (Lipinski definition) is 1. The van der Waals surface area contributed by atoms with Crippen molar-refractivity contribution in [3.05, 3.63) is 69.5 Å². The molecular formula is C15H15N3O3. The van der Waals surface area contributed by atoms with Gasteiger partial charge in [-0.1, -0.05) is 12.1 Å². The van der Waals surface area contributed by atoms with Gasteiger partial charge in [-0.2, -0.15) is 0 Å². The molecule has 21 heavy (non-hydrogen) atoms. The second kappa shape index (κ2) is 6.13. The average molecular weight is 285 g/mol. The minimum atomic E-state index is -0.492. The van der Waals surface area contributed by atoms with Gasteiger partial charge in [0.05, 0.1) is 16.7 Å². The summed E-state index contributed by atoms with van der Waals surface area (Å²) in [6.07, 6.45) is 1.65. The Morgan fingerprint density at radius 1 is 1.33 bits per heavy atom. The quantitative estimate of drug-likeness (QED) is 0.691. The molecule has 6 nitrogen and oxygen atoms in total. The van der Waals surface area contributed by atoms with E-state index in [0.717, 1.165) is 5.69 Å². The number of nitro benzene ring substituents is 1. The van der Waals surface area contributed by atoms with Gasteiger partial charge < -0.3 is 5.32 Å². The highest BCUT2D eigenvalue weighted by Crippen LogP contribution is 2.20. The minimum absolute atomic E-state index is 0.0619. The van der Waals surface area contributed by atoms with Gasteiger partial charge >= 0.3 is 0 Å². The number of rotatable bonds is 4. The van der Waals surface area contributed by atoms with Crippen LogP contribution in [0.4, 0.5) is 5.69 Å². The van der Waals surface area contributed by atoms with Gasteiger partial charge in [-0.3, -0.25) is 19.9 Å². The summed E-state index contributed by atoms with van der Waals surface area (Å²) in [5, 5.41) is 13.7. The number of aryl methyl sites for hydroxylation is 1. The van der Waals surface area contributed by atoms with Gasteiger partial charge in [0.2, 0.25) is 0 Å². The standard InChI is InChI=1S/C15H15N3O3/c1-10-6-7-12(9-14(10)18(20)21)15(19)17-11(2)13-5-3-4-8-16-13/h3-9,11H,1-2H3,(H,17,19). The van der Waals surface area contributed by atoms with E-state index in [1.165, 1.54) is 6.07 Å². The van der Waals surface area contributed by atoms with Crippen molar-refractivity contribution < 1.29 is 9.72 Å². The lowest BCUT2D eigenvalue weighted by atomic mass is 10.1. The van der Waals surface area contributed by atoms with Crippen molar-refractivity contribution in [3.63, 3.8) is 0 Å². The molecule has 0 aliphatic rings. The number of hydrogen-bond acceptors (Lipinski definition) is 4. The van der Waals surface area contributed by atoms with Gasteiger partial charge in [0.15, 0.2) is 0 Å². The van der Waals surface area contributed by atoms with Crippen LogP contribution in [0.15, 0.2) is 42.6 Å². The van der Waals surface area contributed by atoms with Crippen LogP contribution in [-0.2, 0) is 0 Å². The zero-order valence-electron chi connectivity index (χ0n) is 11.7. The highest BCUT2D eigenvalue weighted by atomic mass is 16.6. The zero-order chi connectivity index (χ0) is 15.4. The van der Waals surface area contributed by atoms with Crippen LogP contribution in [0.5, 0.6) is 0 Å². The summed E-state index contributed by atoms with van der Waals surface area (Å²) in [5.74, 6) is -0.365. The van der Waals surface area contributed by atoms with Crippen molar-refractivity contribution in [2.75, 3.05) is 0 Å². The Balaban J connectivity index is 2.17. The van der Waals surface area contributed by atoms with Crippen molar-refractivity contribution in [1.29, 1.82) is 0 Å². The van der Waals surface area contributed by atoms with Crippen LogP contribution >= 0.6 is 0 Å². The first-order valence-corrected chi connectivity index (χ1v) is 6.46. The van der Waals surface area contributed by atoms with Crippen molar-refractivity contribution in [2.45, 2.75) is 19.9 Å². The predicted octanol–water partition coefficient (Wildman–Crippen LogP) is 2.79. The molecule has 0 fully saturated rings. The summed E-state index contributed by atoms with van der Waals surface area (Å²) in [6, 6.07) is 9.59. The third-order valence-corrected chi connectivity index (χ3v) is 3.15. The lowest BCUT2D eigenvalue weighted by Crippen LogP contribution is -2.27. The number of carbonyl (C=O) groups is 1. The Morgan fingerprint density at radius 2 is 2.10 bits per heavy atom. The molecule has 0 bridgehead atoms. The van der Waals surface area contributed by atoms with Gasteiger partial charge in [-0.05, 0) is 32.0 Å². The summed E-state index contributed by atoms with van der Waals surface area (Å²) in [7, 11) is 0. The van der Waals surface area contributed by atoms with Crippen LogP contribution < -0.4 is 5.32 Å². The summed E-state index contributed by atoms with van der Waals surface area (Å²) in [5.41, 5.74) is 1.45. The number of aromatic nitrogens is 1. The van der Waals surface area contributed by atoms with Crippen LogP contribution in [0.1, 0.15) is 34.6 Å². The summed E-state index contributed by atoms with van der Waals surface area (Å²) in [6.45, 7) is 3.44. The predicted molar refractivity (Wildman–Crippen MR) is 78.0 cm³/mol. The fourth-order valence-electron chi connectivity index (χ4n) is 1.93. The molecule has 0 aliphatic carbocycles. The molecule has 1 aromatic heterocycles. The second-order valence-corrected chi connectivity index (χ2v) is 4.71. The number of amides is 1. The molecule has 0 aliphatic heterocycles. The fraction of sp³-hybridized carbons (Fsp3) is 0.200. The molecule has 2 rings (SSSR count). The Bertz CT molecular complexity index is 671. The van der Waals surface area contributed by atoms with Gasteiger partial charge in [-0.15, -0.1) is 0 Å². The van der Waals surface area contributed by atoms with E-state index in [2.05, 4.69) is 10.3 Å². The molecule has 108 valence electrons. The number of carbonyl (C=O) groups excluding carboxylic acids is 1. The average Bonchev–Trinajstić information content (AvgIpc) is 2.48. The lowest BCUT2D eigenvalue weighted by molar-refractivity contribution is -0.385. The van der Waals surface area contributed by atoms with Crippen LogP contribution in [0.3, 0.4) is 0 Å². The highest BCUT2D eigenvalue weighted by molar-refractivity contribution is 5.95. The topological polar surface area (TPSA) is 85.1 Å². The molecule has 1 heterocycles. The fourth-order valence-corrected chi connectivity index (χ4v) is 1.93. The molecule has 6 heteroatoms. The maximum atomic E-state index is 12.2. The second-order valence-electron chi connectivity index (χ2n) is 4.71. The molecule has 0 spiro atoms. The van der Waals surface area contributed by atoms with Crippen molar-refractivity contribution in [3.8, 4) is 0 Å². The van der Waals surface area contributed by atoms with Crippen LogP contribution in [0, 0.1) is 17.0 Å². The van der Waals surface area contributed by atoms with Crippen LogP contribution in [0.25, 0.3) is 0 Å². The number of nitrogens with one attached hydrogen (secondary N) is 1. The highest BCUT2D eigenvalue weighted by Gasteiger charge is 2.17.